The molecule has 0 aliphatic carbocycles. The maximum atomic E-state index is 12.4. The highest BCUT2D eigenvalue weighted by Crippen LogP contribution is 2.21. The fraction of sp³-hybridized carbons (Fsp3) is 0.667. The summed E-state index contributed by atoms with van der Waals surface area (Å²) in [5.41, 5.74) is -0.107. The zero-order chi connectivity index (χ0) is 14.6. The summed E-state index contributed by atoms with van der Waals surface area (Å²) in [4.78, 5) is 11.6. The molecular weight excluding hydrogens is 256 g/mol. The molecule has 0 bridgehead atoms. The molecule has 19 heavy (non-hydrogen) atoms. The molecule has 0 spiro atoms. The van der Waals surface area contributed by atoms with Gasteiger partial charge >= 0.3 is 12.6 Å². The van der Waals surface area contributed by atoms with Crippen molar-refractivity contribution in [3.05, 3.63) is 18.0 Å². The van der Waals surface area contributed by atoms with Crippen LogP contribution in [0.15, 0.2) is 12.3 Å². The highest BCUT2D eigenvalue weighted by atomic mass is 19.3. The lowest BCUT2D eigenvalue weighted by Gasteiger charge is -2.22. The van der Waals surface area contributed by atoms with E-state index in [1.165, 1.54) is 6.07 Å². The van der Waals surface area contributed by atoms with Crippen molar-refractivity contribution in [1.82, 2.24) is 15.1 Å². The van der Waals surface area contributed by atoms with Gasteiger partial charge in [0.2, 0.25) is 0 Å². The monoisotopic (exact) mass is 275 g/mol. The summed E-state index contributed by atoms with van der Waals surface area (Å²) in [7, 11) is 0. The molecule has 7 heteroatoms. The smallest absolute Gasteiger partial charge is 0.408 e. The van der Waals surface area contributed by atoms with Crippen LogP contribution in [-0.2, 0) is 4.74 Å². The molecule has 0 saturated carbocycles. The Labute approximate surface area is 110 Å². The molecule has 0 radical (unpaired) electrons. The summed E-state index contributed by atoms with van der Waals surface area (Å²) in [6, 6.07) is 1.42. The normalized spacial score (nSPS) is 13.4. The molecule has 1 N–H and O–H groups in total. The fourth-order valence-electron chi connectivity index (χ4n) is 1.45. The molecule has 1 rings (SSSR count). The molecule has 0 fully saturated rings. The largest absolute Gasteiger partial charge is 0.440 e. The van der Waals surface area contributed by atoms with E-state index in [4.69, 9.17) is 4.74 Å². The van der Waals surface area contributed by atoms with Crippen LogP contribution in [0.3, 0.4) is 0 Å². The SMILES string of the molecule is CC[C@@H](OC(=O)NC(C)(C)C)c1ccn(C(F)F)n1. The van der Waals surface area contributed by atoms with Crippen LogP contribution >= 0.6 is 0 Å². The molecule has 1 aromatic heterocycles. The molecule has 108 valence electrons. The lowest BCUT2D eigenvalue weighted by atomic mass is 10.1. The van der Waals surface area contributed by atoms with E-state index in [0.717, 1.165) is 6.20 Å². The summed E-state index contributed by atoms with van der Waals surface area (Å²) < 4.78 is 30.5. The van der Waals surface area contributed by atoms with Gasteiger partial charge in [-0.1, -0.05) is 6.92 Å². The van der Waals surface area contributed by atoms with Gasteiger partial charge in [-0.25, -0.2) is 9.48 Å². The highest BCUT2D eigenvalue weighted by molar-refractivity contribution is 5.68. The van der Waals surface area contributed by atoms with Crippen LogP contribution < -0.4 is 5.32 Å². The number of amides is 1. The lowest BCUT2D eigenvalue weighted by Crippen LogP contribution is -2.41. The molecule has 1 atom stereocenters. The van der Waals surface area contributed by atoms with E-state index in [1.54, 1.807) is 6.92 Å². The van der Waals surface area contributed by atoms with E-state index >= 15 is 0 Å². The number of alkyl carbamates (subject to hydrolysis) is 1. The predicted octanol–water partition coefficient (Wildman–Crippen LogP) is 3.25. The zero-order valence-electron chi connectivity index (χ0n) is 11.5. The van der Waals surface area contributed by atoms with Gasteiger partial charge in [-0.05, 0) is 33.3 Å². The first-order chi connectivity index (χ1) is 8.73. The van der Waals surface area contributed by atoms with Gasteiger partial charge in [0.05, 0.1) is 0 Å². The first-order valence-corrected chi connectivity index (χ1v) is 6.05. The number of ether oxygens (including phenoxy) is 1. The first-order valence-electron chi connectivity index (χ1n) is 6.05. The number of carbonyl (C=O) groups excluding carboxylic acids is 1. The third kappa shape index (κ3) is 4.84. The Morgan fingerprint density at radius 1 is 1.53 bits per heavy atom. The molecule has 1 heterocycles. The number of hydrogen-bond donors (Lipinski definition) is 1. The molecule has 5 nitrogen and oxygen atoms in total. The fourth-order valence-corrected chi connectivity index (χ4v) is 1.45. The average molecular weight is 275 g/mol. The van der Waals surface area contributed by atoms with Gasteiger partial charge in [-0.15, -0.1) is 0 Å². The lowest BCUT2D eigenvalue weighted by molar-refractivity contribution is 0.0528. The van der Waals surface area contributed by atoms with Crippen molar-refractivity contribution in [2.75, 3.05) is 0 Å². The van der Waals surface area contributed by atoms with E-state index in [1.807, 2.05) is 20.8 Å². The van der Waals surface area contributed by atoms with Gasteiger partial charge in [0.25, 0.3) is 0 Å². The standard InChI is InChI=1S/C12H19F2N3O2/c1-5-9(19-11(18)15-12(2,3)4)8-6-7-17(16-8)10(13)14/h6-7,9-10H,5H2,1-4H3,(H,15,18)/t9-/m1/s1. The van der Waals surface area contributed by atoms with Crippen molar-refractivity contribution in [2.24, 2.45) is 0 Å². The molecule has 1 aromatic rings. The molecule has 0 aromatic carbocycles. The maximum absolute atomic E-state index is 12.4. The third-order valence-corrected chi connectivity index (χ3v) is 2.26. The van der Waals surface area contributed by atoms with Crippen LogP contribution in [0.4, 0.5) is 13.6 Å². The van der Waals surface area contributed by atoms with Crippen molar-refractivity contribution >= 4 is 6.09 Å². The van der Waals surface area contributed by atoms with Crippen LogP contribution in [-0.4, -0.2) is 21.4 Å². The van der Waals surface area contributed by atoms with Crippen molar-refractivity contribution in [3.8, 4) is 0 Å². The van der Waals surface area contributed by atoms with Crippen molar-refractivity contribution in [2.45, 2.75) is 52.3 Å². The summed E-state index contributed by atoms with van der Waals surface area (Å²) in [6.45, 7) is 4.55. The number of aromatic nitrogens is 2. The minimum Gasteiger partial charge on any atom is -0.440 e. The van der Waals surface area contributed by atoms with Crippen molar-refractivity contribution in [3.63, 3.8) is 0 Å². The number of nitrogens with zero attached hydrogens (tertiary/aromatic N) is 2. The summed E-state index contributed by atoms with van der Waals surface area (Å²) in [5, 5.41) is 6.33. The molecule has 0 unspecified atom stereocenters. The van der Waals surface area contributed by atoms with E-state index in [9.17, 15) is 13.6 Å². The summed E-state index contributed by atoms with van der Waals surface area (Å²) in [5.74, 6) is 0. The second-order valence-electron chi connectivity index (χ2n) is 5.18. The Morgan fingerprint density at radius 2 is 2.16 bits per heavy atom. The number of halogens is 2. The van der Waals surface area contributed by atoms with E-state index in [-0.39, 0.29) is 0 Å². The Morgan fingerprint density at radius 3 is 2.58 bits per heavy atom. The molecule has 0 aliphatic heterocycles. The van der Waals surface area contributed by atoms with Crippen LogP contribution in [0.1, 0.15) is 52.5 Å². The molecule has 1 amide bonds. The van der Waals surface area contributed by atoms with Crippen molar-refractivity contribution < 1.29 is 18.3 Å². The predicted molar refractivity (Wildman–Crippen MR) is 65.9 cm³/mol. The van der Waals surface area contributed by atoms with Gasteiger partial charge in [-0.3, -0.25) is 0 Å². The molecule has 0 aliphatic rings. The number of rotatable bonds is 4. The second kappa shape index (κ2) is 5.99. The quantitative estimate of drug-likeness (QED) is 0.917. The van der Waals surface area contributed by atoms with Crippen molar-refractivity contribution in [1.29, 1.82) is 0 Å². The number of hydrogen-bond acceptors (Lipinski definition) is 3. The Balaban J connectivity index is 2.69. The van der Waals surface area contributed by atoms with Gasteiger partial charge in [-0.2, -0.15) is 13.9 Å². The maximum Gasteiger partial charge on any atom is 0.408 e. The van der Waals surface area contributed by atoms with Crippen LogP contribution in [0.2, 0.25) is 0 Å². The highest BCUT2D eigenvalue weighted by Gasteiger charge is 2.21. The first kappa shape index (κ1) is 15.4. The van der Waals surface area contributed by atoms with Crippen LogP contribution in [0, 0.1) is 0 Å². The average Bonchev–Trinajstić information content (AvgIpc) is 2.72. The van der Waals surface area contributed by atoms with Gasteiger partial charge < -0.3 is 10.1 Å². The number of alkyl halides is 2. The number of carbonyl (C=O) groups is 1. The second-order valence-corrected chi connectivity index (χ2v) is 5.18. The van der Waals surface area contributed by atoms with Gasteiger partial charge in [0.15, 0.2) is 0 Å². The minimum atomic E-state index is -2.70. The summed E-state index contributed by atoms with van der Waals surface area (Å²) >= 11 is 0. The van der Waals surface area contributed by atoms with E-state index < -0.39 is 24.3 Å². The van der Waals surface area contributed by atoms with Crippen LogP contribution in [0.25, 0.3) is 0 Å². The third-order valence-electron chi connectivity index (χ3n) is 2.26. The van der Waals surface area contributed by atoms with E-state index in [2.05, 4.69) is 10.4 Å². The van der Waals surface area contributed by atoms with E-state index in [0.29, 0.717) is 16.8 Å². The topological polar surface area (TPSA) is 56.1 Å². The molecular formula is C12H19F2N3O2. The molecule has 0 saturated heterocycles. The van der Waals surface area contributed by atoms with Gasteiger partial charge in [0, 0.05) is 11.7 Å². The zero-order valence-corrected chi connectivity index (χ0v) is 11.5. The summed E-state index contributed by atoms with van der Waals surface area (Å²) in [6.07, 6.45) is 0.388. The van der Waals surface area contributed by atoms with Crippen LogP contribution in [0.5, 0.6) is 0 Å². The minimum absolute atomic E-state index is 0.312. The Kier molecular flexibility index (Phi) is 4.85. The number of nitrogens with one attached hydrogen (secondary N) is 1. The Bertz CT molecular complexity index is 427. The Hall–Kier alpha value is -1.66. The van der Waals surface area contributed by atoms with Gasteiger partial charge in [0.1, 0.15) is 11.8 Å².